The Labute approximate surface area is 175 Å². The monoisotopic (exact) mass is 428 g/mol. The topological polar surface area (TPSA) is 84.3 Å². The van der Waals surface area contributed by atoms with Crippen LogP contribution < -0.4 is 5.32 Å². The summed E-state index contributed by atoms with van der Waals surface area (Å²) in [6, 6.07) is 12.6. The molecule has 0 saturated heterocycles. The second kappa shape index (κ2) is 7.35. The third-order valence-corrected chi connectivity index (χ3v) is 5.31. The van der Waals surface area contributed by atoms with Gasteiger partial charge < -0.3 is 5.32 Å². The zero-order chi connectivity index (χ0) is 20.7. The van der Waals surface area contributed by atoms with Crippen LogP contribution in [-0.4, -0.2) is 38.4 Å². The summed E-state index contributed by atoms with van der Waals surface area (Å²) in [5, 5.41) is 7.25. The van der Waals surface area contributed by atoms with Gasteiger partial charge >= 0.3 is 0 Å². The molecule has 0 saturated carbocycles. The molecular formula is C20H14Cl2N4O3. The Kier molecular flexibility index (Phi) is 4.86. The lowest BCUT2D eigenvalue weighted by Gasteiger charge is -2.21. The number of anilines is 1. The number of benzene rings is 2. The van der Waals surface area contributed by atoms with Gasteiger partial charge in [-0.1, -0.05) is 41.4 Å². The van der Waals surface area contributed by atoms with Crippen molar-refractivity contribution in [1.82, 2.24) is 14.7 Å². The maximum Gasteiger partial charge on any atom is 0.262 e. The molecule has 0 fully saturated rings. The third-order valence-electron chi connectivity index (χ3n) is 4.59. The van der Waals surface area contributed by atoms with Crippen LogP contribution in [-0.2, 0) is 4.79 Å². The first-order valence-corrected chi connectivity index (χ1v) is 9.41. The average molecular weight is 429 g/mol. The number of amides is 3. The van der Waals surface area contributed by atoms with Gasteiger partial charge in [-0.05, 0) is 31.2 Å². The molecule has 2 aromatic carbocycles. The fourth-order valence-electron chi connectivity index (χ4n) is 3.07. The largest absolute Gasteiger partial charge is 0.307 e. The SMILES string of the molecule is CC(C(=O)Nc1ccn(-c2ccccc2)n1)N1C(=O)c2cc(Cl)c(Cl)cc2C1=O. The highest BCUT2D eigenvalue weighted by atomic mass is 35.5. The molecule has 0 radical (unpaired) electrons. The van der Waals surface area contributed by atoms with Crippen molar-refractivity contribution in [3.8, 4) is 5.69 Å². The van der Waals surface area contributed by atoms with Crippen molar-refractivity contribution in [1.29, 1.82) is 0 Å². The molecule has 3 aromatic rings. The van der Waals surface area contributed by atoms with Crippen LogP contribution in [0.25, 0.3) is 5.69 Å². The van der Waals surface area contributed by atoms with Crippen molar-refractivity contribution in [2.45, 2.75) is 13.0 Å². The minimum Gasteiger partial charge on any atom is -0.307 e. The number of carbonyl (C=O) groups is 3. The predicted molar refractivity (Wildman–Crippen MR) is 109 cm³/mol. The highest BCUT2D eigenvalue weighted by Gasteiger charge is 2.41. The molecule has 29 heavy (non-hydrogen) atoms. The third kappa shape index (κ3) is 3.39. The molecule has 2 heterocycles. The van der Waals surface area contributed by atoms with Gasteiger partial charge in [0.25, 0.3) is 11.8 Å². The normalized spacial score (nSPS) is 14.1. The van der Waals surface area contributed by atoms with Crippen molar-refractivity contribution in [2.24, 2.45) is 0 Å². The van der Waals surface area contributed by atoms with Gasteiger partial charge in [0.1, 0.15) is 6.04 Å². The summed E-state index contributed by atoms with van der Waals surface area (Å²) in [6.45, 7) is 1.47. The molecule has 3 amide bonds. The van der Waals surface area contributed by atoms with Crippen molar-refractivity contribution < 1.29 is 14.4 Å². The quantitative estimate of drug-likeness (QED) is 0.640. The second-order valence-corrected chi connectivity index (χ2v) is 7.25. The predicted octanol–water partition coefficient (Wildman–Crippen LogP) is 3.80. The van der Waals surface area contributed by atoms with Crippen molar-refractivity contribution in [2.75, 3.05) is 5.32 Å². The minimum atomic E-state index is -1.05. The molecule has 4 rings (SSSR count). The zero-order valence-corrected chi connectivity index (χ0v) is 16.6. The molecule has 1 atom stereocenters. The first-order valence-electron chi connectivity index (χ1n) is 8.65. The lowest BCUT2D eigenvalue weighted by molar-refractivity contribution is -0.119. The summed E-state index contributed by atoms with van der Waals surface area (Å²) < 4.78 is 1.60. The molecule has 0 aliphatic carbocycles. The number of fused-ring (bicyclic) bond motifs is 1. The van der Waals surface area contributed by atoms with Gasteiger partial charge in [-0.25, -0.2) is 4.68 Å². The number of hydrogen-bond donors (Lipinski definition) is 1. The highest BCUT2D eigenvalue weighted by molar-refractivity contribution is 6.43. The number of aromatic nitrogens is 2. The lowest BCUT2D eigenvalue weighted by Crippen LogP contribution is -2.45. The summed E-state index contributed by atoms with van der Waals surface area (Å²) >= 11 is 11.9. The van der Waals surface area contributed by atoms with Crippen molar-refractivity contribution in [3.63, 3.8) is 0 Å². The Balaban J connectivity index is 1.52. The fourth-order valence-corrected chi connectivity index (χ4v) is 3.39. The lowest BCUT2D eigenvalue weighted by atomic mass is 10.1. The van der Waals surface area contributed by atoms with Gasteiger partial charge in [-0.15, -0.1) is 0 Å². The number of carbonyl (C=O) groups excluding carboxylic acids is 3. The number of nitrogens with one attached hydrogen (secondary N) is 1. The maximum atomic E-state index is 12.7. The van der Waals surface area contributed by atoms with E-state index in [0.29, 0.717) is 5.82 Å². The van der Waals surface area contributed by atoms with E-state index in [1.54, 1.807) is 16.9 Å². The van der Waals surface area contributed by atoms with E-state index < -0.39 is 23.8 Å². The molecule has 1 unspecified atom stereocenters. The van der Waals surface area contributed by atoms with Gasteiger partial charge in [0.2, 0.25) is 5.91 Å². The van der Waals surface area contributed by atoms with E-state index in [4.69, 9.17) is 23.2 Å². The Morgan fingerprint density at radius 2 is 1.59 bits per heavy atom. The summed E-state index contributed by atoms with van der Waals surface area (Å²) in [5.41, 5.74) is 1.07. The summed E-state index contributed by atoms with van der Waals surface area (Å²) in [4.78, 5) is 38.9. The molecule has 1 aromatic heterocycles. The van der Waals surface area contributed by atoms with E-state index >= 15 is 0 Å². The number of imide groups is 1. The van der Waals surface area contributed by atoms with Crippen LogP contribution in [0.3, 0.4) is 0 Å². The maximum absolute atomic E-state index is 12.7. The molecule has 1 N–H and O–H groups in total. The zero-order valence-electron chi connectivity index (χ0n) is 15.1. The second-order valence-electron chi connectivity index (χ2n) is 6.44. The van der Waals surface area contributed by atoms with E-state index in [9.17, 15) is 14.4 Å². The molecule has 1 aliphatic heterocycles. The molecule has 146 valence electrons. The average Bonchev–Trinajstić information content (AvgIpc) is 3.26. The van der Waals surface area contributed by atoms with Crippen LogP contribution in [0.1, 0.15) is 27.6 Å². The molecule has 1 aliphatic rings. The molecule has 9 heteroatoms. The standard InChI is InChI=1S/C20H14Cl2N4O3/c1-11(26-19(28)13-9-15(21)16(22)10-14(13)20(26)29)18(27)23-17-7-8-25(24-17)12-5-3-2-4-6-12/h2-11H,1H3,(H,23,24,27). The Hall–Kier alpha value is -3.16. The number of para-hydroxylation sites is 1. The van der Waals surface area contributed by atoms with E-state index in [-0.39, 0.29) is 21.2 Å². The van der Waals surface area contributed by atoms with Crippen LogP contribution in [0.5, 0.6) is 0 Å². The van der Waals surface area contributed by atoms with Gasteiger partial charge in [-0.2, -0.15) is 5.10 Å². The van der Waals surface area contributed by atoms with Crippen LogP contribution in [0.2, 0.25) is 10.0 Å². The summed E-state index contributed by atoms with van der Waals surface area (Å²) in [5.74, 6) is -1.44. The van der Waals surface area contributed by atoms with Crippen molar-refractivity contribution in [3.05, 3.63) is 75.9 Å². The Morgan fingerprint density at radius 3 is 2.17 bits per heavy atom. The summed E-state index contributed by atoms with van der Waals surface area (Å²) in [7, 11) is 0. The van der Waals surface area contributed by atoms with Crippen LogP contribution in [0.4, 0.5) is 5.82 Å². The van der Waals surface area contributed by atoms with E-state index in [1.165, 1.54) is 19.1 Å². The van der Waals surface area contributed by atoms with Gasteiger partial charge in [0.05, 0.1) is 26.9 Å². The molecule has 0 bridgehead atoms. The first kappa shape index (κ1) is 19.2. The number of nitrogens with zero attached hydrogens (tertiary/aromatic N) is 3. The Morgan fingerprint density at radius 1 is 1.00 bits per heavy atom. The van der Waals surface area contributed by atoms with E-state index in [0.717, 1.165) is 10.6 Å². The van der Waals surface area contributed by atoms with Crippen LogP contribution in [0, 0.1) is 0 Å². The smallest absolute Gasteiger partial charge is 0.262 e. The van der Waals surface area contributed by atoms with E-state index in [2.05, 4.69) is 10.4 Å². The van der Waals surface area contributed by atoms with Crippen molar-refractivity contribution >= 4 is 46.7 Å². The van der Waals surface area contributed by atoms with Gasteiger partial charge in [0, 0.05) is 12.3 Å². The fraction of sp³-hybridized carbons (Fsp3) is 0.100. The number of hydrogen-bond acceptors (Lipinski definition) is 4. The van der Waals surface area contributed by atoms with Crippen LogP contribution >= 0.6 is 23.2 Å². The van der Waals surface area contributed by atoms with Gasteiger partial charge in [-0.3, -0.25) is 19.3 Å². The summed E-state index contributed by atoms with van der Waals surface area (Å²) in [6.07, 6.45) is 1.70. The number of rotatable bonds is 4. The first-order chi connectivity index (χ1) is 13.9. The van der Waals surface area contributed by atoms with Crippen LogP contribution in [0.15, 0.2) is 54.7 Å². The van der Waals surface area contributed by atoms with Gasteiger partial charge in [0.15, 0.2) is 5.82 Å². The molecule has 7 nitrogen and oxygen atoms in total. The highest BCUT2D eigenvalue weighted by Crippen LogP contribution is 2.32. The minimum absolute atomic E-state index is 0.123. The molecular weight excluding hydrogens is 415 g/mol. The van der Waals surface area contributed by atoms with E-state index in [1.807, 2.05) is 30.3 Å². The number of halogens is 2. The Bertz CT molecular complexity index is 1100. The molecule has 0 spiro atoms.